The zero-order chi connectivity index (χ0) is 19.2. The summed E-state index contributed by atoms with van der Waals surface area (Å²) in [6.45, 7) is 10.6. The van der Waals surface area contributed by atoms with E-state index in [0.29, 0.717) is 5.56 Å². The summed E-state index contributed by atoms with van der Waals surface area (Å²) < 4.78 is 0. The maximum atomic E-state index is 12.8. The normalized spacial score (nSPS) is 17.0. The van der Waals surface area contributed by atoms with Crippen molar-refractivity contribution in [3.8, 4) is 0 Å². The van der Waals surface area contributed by atoms with E-state index >= 15 is 0 Å². The van der Waals surface area contributed by atoms with Crippen LogP contribution in [0.4, 0.5) is 0 Å². The Labute approximate surface area is 165 Å². The van der Waals surface area contributed by atoms with Crippen LogP contribution >= 0.6 is 11.8 Å². The molecule has 0 spiro atoms. The number of nitrogens with zero attached hydrogens (tertiary/aromatic N) is 1. The number of carbonyl (C=O) groups is 1. The van der Waals surface area contributed by atoms with Gasteiger partial charge in [0.2, 0.25) is 0 Å². The number of hydrogen-bond donors (Lipinski definition) is 0. The van der Waals surface area contributed by atoms with Crippen molar-refractivity contribution in [2.24, 2.45) is 4.99 Å². The van der Waals surface area contributed by atoms with Crippen LogP contribution in [0.2, 0.25) is 0 Å². The van der Waals surface area contributed by atoms with Crippen molar-refractivity contribution in [2.75, 3.05) is 12.3 Å². The lowest BCUT2D eigenvalue weighted by molar-refractivity contribution is 0.100. The summed E-state index contributed by atoms with van der Waals surface area (Å²) in [5, 5.41) is 0. The van der Waals surface area contributed by atoms with Gasteiger partial charge in [0.05, 0.1) is 0 Å². The fourth-order valence-corrected chi connectivity index (χ4v) is 3.94. The third kappa shape index (κ3) is 4.55. The molecular weight excluding hydrogens is 350 g/mol. The largest absolute Gasteiger partial charge is 0.292 e. The van der Waals surface area contributed by atoms with Crippen molar-refractivity contribution in [1.29, 1.82) is 0 Å². The Morgan fingerprint density at radius 3 is 2.37 bits per heavy atom. The molecule has 2 aromatic carbocycles. The minimum atomic E-state index is 0.0131. The van der Waals surface area contributed by atoms with Gasteiger partial charge in [-0.1, -0.05) is 62.5 Å². The Balaban J connectivity index is 1.96. The predicted molar refractivity (Wildman–Crippen MR) is 117 cm³/mol. The molecule has 0 bridgehead atoms. The maximum Gasteiger partial charge on any atom is 0.184 e. The van der Waals surface area contributed by atoms with Crippen molar-refractivity contribution in [2.45, 2.75) is 18.2 Å². The van der Waals surface area contributed by atoms with Gasteiger partial charge in [-0.2, -0.15) is 0 Å². The highest BCUT2D eigenvalue weighted by Gasteiger charge is 2.17. The summed E-state index contributed by atoms with van der Waals surface area (Å²) in [5.41, 5.74) is 5.19. The molecule has 2 nitrogen and oxygen atoms in total. The van der Waals surface area contributed by atoms with Gasteiger partial charge in [0.25, 0.3) is 0 Å². The molecule has 3 rings (SSSR count). The van der Waals surface area contributed by atoms with Crippen LogP contribution in [0.1, 0.15) is 29.3 Å². The quantitative estimate of drug-likeness (QED) is 0.613. The van der Waals surface area contributed by atoms with Crippen molar-refractivity contribution in [3.63, 3.8) is 0 Å². The van der Waals surface area contributed by atoms with Crippen LogP contribution in [-0.4, -0.2) is 23.8 Å². The first-order valence-electron chi connectivity index (χ1n) is 9.03. The highest BCUT2D eigenvalue weighted by Crippen LogP contribution is 2.28. The van der Waals surface area contributed by atoms with E-state index in [0.717, 1.165) is 40.2 Å². The number of benzene rings is 2. The lowest BCUT2D eigenvalue weighted by Crippen LogP contribution is -2.14. The number of fused-ring (bicyclic) bond motifs is 1. The first-order valence-corrected chi connectivity index (χ1v) is 10.0. The lowest BCUT2D eigenvalue weighted by atomic mass is 9.91. The zero-order valence-electron chi connectivity index (χ0n) is 15.6. The van der Waals surface area contributed by atoms with E-state index < -0.39 is 0 Å². The van der Waals surface area contributed by atoms with Crippen LogP contribution in [0.3, 0.4) is 0 Å². The van der Waals surface area contributed by atoms with Crippen molar-refractivity contribution >= 4 is 28.8 Å². The molecule has 136 valence electrons. The van der Waals surface area contributed by atoms with E-state index in [2.05, 4.69) is 38.3 Å². The minimum Gasteiger partial charge on any atom is -0.292 e. The highest BCUT2D eigenvalue weighted by atomic mass is 32.2. The molecule has 0 aliphatic carbocycles. The van der Waals surface area contributed by atoms with Gasteiger partial charge in [-0.3, -0.25) is 9.79 Å². The molecule has 2 aromatic rings. The predicted octanol–water partition coefficient (Wildman–Crippen LogP) is 6.02. The molecule has 0 radical (unpaired) electrons. The second-order valence-corrected chi connectivity index (χ2v) is 7.41. The van der Waals surface area contributed by atoms with Crippen LogP contribution < -0.4 is 0 Å². The monoisotopic (exact) mass is 373 g/mol. The summed E-state index contributed by atoms with van der Waals surface area (Å²) in [4.78, 5) is 18.7. The second kappa shape index (κ2) is 8.83. The van der Waals surface area contributed by atoms with Crippen molar-refractivity contribution in [3.05, 3.63) is 96.1 Å². The average Bonchev–Trinajstić information content (AvgIpc) is 2.71. The summed E-state index contributed by atoms with van der Waals surface area (Å²) >= 11 is 1.73. The molecule has 27 heavy (non-hydrogen) atoms. The molecule has 1 aliphatic rings. The molecule has 0 unspecified atom stereocenters. The van der Waals surface area contributed by atoms with Gasteiger partial charge in [-0.25, -0.2) is 0 Å². The molecule has 1 heterocycles. The topological polar surface area (TPSA) is 29.4 Å². The third-order valence-electron chi connectivity index (χ3n) is 4.57. The maximum absolute atomic E-state index is 12.8. The molecule has 0 fully saturated rings. The highest BCUT2D eigenvalue weighted by molar-refractivity contribution is 8.00. The Bertz CT molecular complexity index is 938. The van der Waals surface area contributed by atoms with E-state index in [4.69, 9.17) is 4.99 Å². The van der Waals surface area contributed by atoms with Crippen LogP contribution in [0.5, 0.6) is 0 Å². The summed E-state index contributed by atoms with van der Waals surface area (Å²) in [6.07, 6.45) is 2.90. The molecule has 0 N–H and O–H groups in total. The van der Waals surface area contributed by atoms with E-state index in [1.165, 1.54) is 4.90 Å². The molecule has 0 saturated carbocycles. The van der Waals surface area contributed by atoms with E-state index in [-0.39, 0.29) is 12.3 Å². The fraction of sp³-hybridized carbons (Fsp3) is 0.167. The molecule has 0 atom stereocenters. The Morgan fingerprint density at radius 2 is 1.67 bits per heavy atom. The smallest absolute Gasteiger partial charge is 0.184 e. The molecule has 0 aromatic heterocycles. The lowest BCUT2D eigenvalue weighted by Gasteiger charge is -2.16. The van der Waals surface area contributed by atoms with Gasteiger partial charge in [-0.15, -0.1) is 11.8 Å². The standard InChI is InChI=1S/C24H23NOS/c1-4-19-14-17(2)18(3)21-12-8-9-13-22(21)24(26)15-25-23(19)16-27-20-10-6-5-7-11-20/h5-14H,2-4,15-16H2,1H3/b19-14-,25-23?. The number of aliphatic imine (C=N–C) groups is 1. The van der Waals surface area contributed by atoms with Gasteiger partial charge in [0.15, 0.2) is 5.78 Å². The molecule has 1 aliphatic heterocycles. The Hall–Kier alpha value is -2.65. The Morgan fingerprint density at radius 1 is 1.00 bits per heavy atom. The summed E-state index contributed by atoms with van der Waals surface area (Å²) in [7, 11) is 0. The van der Waals surface area contributed by atoms with Crippen LogP contribution in [0.15, 0.2) is 94.9 Å². The number of thioether (sulfide) groups is 1. The van der Waals surface area contributed by atoms with E-state index in [9.17, 15) is 4.79 Å². The van der Waals surface area contributed by atoms with Gasteiger partial charge < -0.3 is 0 Å². The average molecular weight is 374 g/mol. The number of carbonyl (C=O) groups excluding carboxylic acids is 1. The van der Waals surface area contributed by atoms with Crippen molar-refractivity contribution < 1.29 is 4.79 Å². The zero-order valence-corrected chi connectivity index (χ0v) is 16.4. The number of allylic oxidation sites excluding steroid dienone is 4. The first-order chi connectivity index (χ1) is 13.1. The fourth-order valence-electron chi connectivity index (χ4n) is 3.01. The Kier molecular flexibility index (Phi) is 6.25. The number of ketones is 1. The second-order valence-electron chi connectivity index (χ2n) is 6.36. The summed E-state index contributed by atoms with van der Waals surface area (Å²) in [5.74, 6) is 0.734. The third-order valence-corrected chi connectivity index (χ3v) is 5.60. The minimum absolute atomic E-state index is 0.0131. The number of Topliss-reactive ketones (excluding diaryl/α,β-unsaturated/α-hetero) is 1. The van der Waals surface area contributed by atoms with Crippen LogP contribution in [0.25, 0.3) is 5.57 Å². The SMILES string of the molecule is C=C1/C=C(/CC)C(CSc2ccccc2)=NCC(=O)c2ccccc2C1=C. The van der Waals surface area contributed by atoms with Gasteiger partial charge in [0, 0.05) is 21.9 Å². The molecule has 3 heteroatoms. The first kappa shape index (κ1) is 19.1. The molecule has 0 amide bonds. The van der Waals surface area contributed by atoms with Crippen molar-refractivity contribution in [1.82, 2.24) is 0 Å². The van der Waals surface area contributed by atoms with Crippen LogP contribution in [-0.2, 0) is 0 Å². The van der Waals surface area contributed by atoms with E-state index in [1.807, 2.05) is 42.5 Å². The van der Waals surface area contributed by atoms with Gasteiger partial charge in [-0.05, 0) is 46.9 Å². The molecular formula is C24H23NOS. The summed E-state index contributed by atoms with van der Waals surface area (Å²) in [6, 6.07) is 17.8. The van der Waals surface area contributed by atoms with Crippen LogP contribution in [0, 0.1) is 0 Å². The number of rotatable bonds is 4. The van der Waals surface area contributed by atoms with Gasteiger partial charge >= 0.3 is 0 Å². The molecule has 0 saturated heterocycles. The van der Waals surface area contributed by atoms with Gasteiger partial charge in [0.1, 0.15) is 6.54 Å². The number of hydrogen-bond acceptors (Lipinski definition) is 3. The van der Waals surface area contributed by atoms with E-state index in [1.54, 1.807) is 11.8 Å².